The molecular weight excluding hydrogens is 208 g/mol. The number of hydrogen-bond donors (Lipinski definition) is 1. The summed E-state index contributed by atoms with van der Waals surface area (Å²) in [6.07, 6.45) is 4.14. The van der Waals surface area contributed by atoms with Crippen molar-refractivity contribution < 1.29 is 0 Å². The highest BCUT2D eigenvalue weighted by Crippen LogP contribution is 2.17. The molecule has 0 spiro atoms. The Morgan fingerprint density at radius 1 is 1.06 bits per heavy atom. The zero-order valence-corrected chi connectivity index (χ0v) is 12.3. The van der Waals surface area contributed by atoms with Gasteiger partial charge in [-0.1, -0.05) is 27.7 Å². The lowest BCUT2D eigenvalue weighted by Crippen LogP contribution is -2.38. The van der Waals surface area contributed by atoms with Gasteiger partial charge in [0.05, 0.1) is 0 Å². The van der Waals surface area contributed by atoms with Gasteiger partial charge >= 0.3 is 0 Å². The van der Waals surface area contributed by atoms with Gasteiger partial charge in [0.15, 0.2) is 0 Å². The Balaban J connectivity index is 2.05. The Labute approximate surface area is 108 Å². The summed E-state index contributed by atoms with van der Waals surface area (Å²) in [7, 11) is 0. The minimum absolute atomic E-state index is 0.779. The van der Waals surface area contributed by atoms with Gasteiger partial charge in [0, 0.05) is 0 Å². The highest BCUT2D eigenvalue weighted by atomic mass is 15.1. The largest absolute Gasteiger partial charge is 0.316 e. The van der Waals surface area contributed by atoms with Gasteiger partial charge in [-0.2, -0.15) is 0 Å². The van der Waals surface area contributed by atoms with Gasteiger partial charge in [-0.15, -0.1) is 0 Å². The van der Waals surface area contributed by atoms with Crippen molar-refractivity contribution in [1.29, 1.82) is 0 Å². The van der Waals surface area contributed by atoms with Gasteiger partial charge < -0.3 is 10.2 Å². The van der Waals surface area contributed by atoms with Crippen molar-refractivity contribution >= 4 is 0 Å². The van der Waals surface area contributed by atoms with Crippen LogP contribution >= 0.6 is 0 Å². The second-order valence-electron chi connectivity index (χ2n) is 6.52. The molecule has 0 amide bonds. The molecule has 0 aromatic rings. The van der Waals surface area contributed by atoms with Crippen molar-refractivity contribution in [2.24, 2.45) is 17.8 Å². The first-order valence-corrected chi connectivity index (χ1v) is 7.51. The fraction of sp³-hybridized carbons (Fsp3) is 1.00. The van der Waals surface area contributed by atoms with Crippen LogP contribution in [-0.4, -0.2) is 37.6 Å². The Bertz CT molecular complexity index is 181. The monoisotopic (exact) mass is 240 g/mol. The second-order valence-corrected chi connectivity index (χ2v) is 6.52. The van der Waals surface area contributed by atoms with Crippen LogP contribution in [0.2, 0.25) is 0 Å². The molecule has 0 bridgehead atoms. The highest BCUT2D eigenvalue weighted by molar-refractivity contribution is 4.74. The molecule has 0 radical (unpaired) electrons. The molecule has 0 aliphatic carbocycles. The van der Waals surface area contributed by atoms with Crippen LogP contribution < -0.4 is 5.32 Å². The molecule has 0 aromatic heterocycles. The van der Waals surface area contributed by atoms with E-state index in [9.17, 15) is 0 Å². The molecule has 2 heteroatoms. The van der Waals surface area contributed by atoms with Crippen molar-refractivity contribution in [3.8, 4) is 0 Å². The molecule has 102 valence electrons. The van der Waals surface area contributed by atoms with Crippen LogP contribution in [0.25, 0.3) is 0 Å². The molecule has 1 aliphatic rings. The molecule has 0 saturated carbocycles. The average Bonchev–Trinajstić information content (AvgIpc) is 2.27. The Hall–Kier alpha value is -0.0800. The number of likely N-dealkylation sites (tertiary alicyclic amines) is 1. The fourth-order valence-corrected chi connectivity index (χ4v) is 2.43. The molecule has 1 aliphatic heterocycles. The van der Waals surface area contributed by atoms with E-state index in [1.165, 1.54) is 52.0 Å². The second kappa shape index (κ2) is 8.10. The Kier molecular flexibility index (Phi) is 7.14. The van der Waals surface area contributed by atoms with Crippen LogP contribution in [0, 0.1) is 17.8 Å². The fourth-order valence-electron chi connectivity index (χ4n) is 2.43. The molecule has 0 unspecified atom stereocenters. The van der Waals surface area contributed by atoms with Gasteiger partial charge in [0.2, 0.25) is 0 Å². The van der Waals surface area contributed by atoms with E-state index in [-0.39, 0.29) is 0 Å². The van der Waals surface area contributed by atoms with Gasteiger partial charge in [-0.3, -0.25) is 0 Å². The third-order valence-electron chi connectivity index (χ3n) is 3.72. The molecule has 1 saturated heterocycles. The summed E-state index contributed by atoms with van der Waals surface area (Å²) < 4.78 is 0. The van der Waals surface area contributed by atoms with Gasteiger partial charge in [-0.25, -0.2) is 0 Å². The summed E-state index contributed by atoms with van der Waals surface area (Å²) in [5.74, 6) is 2.55. The first-order chi connectivity index (χ1) is 8.08. The first kappa shape index (κ1) is 15.0. The minimum atomic E-state index is 0.779. The van der Waals surface area contributed by atoms with Crippen LogP contribution in [0.4, 0.5) is 0 Å². The van der Waals surface area contributed by atoms with Gasteiger partial charge in [0.25, 0.3) is 0 Å². The lowest BCUT2D eigenvalue weighted by atomic mass is 9.96. The van der Waals surface area contributed by atoms with Crippen molar-refractivity contribution in [2.45, 2.75) is 47.0 Å². The van der Waals surface area contributed by atoms with E-state index in [1.54, 1.807) is 0 Å². The summed E-state index contributed by atoms with van der Waals surface area (Å²) in [6.45, 7) is 15.6. The molecule has 1 N–H and O–H groups in total. The summed E-state index contributed by atoms with van der Waals surface area (Å²) in [5.41, 5.74) is 0. The molecule has 1 rings (SSSR count). The number of hydrogen-bond acceptors (Lipinski definition) is 2. The summed E-state index contributed by atoms with van der Waals surface area (Å²) in [6, 6.07) is 0. The van der Waals surface area contributed by atoms with Crippen LogP contribution in [0.15, 0.2) is 0 Å². The molecule has 0 aromatic carbocycles. The van der Waals surface area contributed by atoms with E-state index in [0.717, 1.165) is 17.8 Å². The zero-order valence-electron chi connectivity index (χ0n) is 12.3. The maximum Gasteiger partial charge on any atom is -0.00156 e. The third kappa shape index (κ3) is 7.05. The number of nitrogens with one attached hydrogen (secondary N) is 1. The first-order valence-electron chi connectivity index (χ1n) is 7.51. The lowest BCUT2D eigenvalue weighted by molar-refractivity contribution is 0.174. The van der Waals surface area contributed by atoms with Crippen LogP contribution in [0.3, 0.4) is 0 Å². The van der Waals surface area contributed by atoms with E-state index in [4.69, 9.17) is 0 Å². The Morgan fingerprint density at radius 3 is 2.24 bits per heavy atom. The van der Waals surface area contributed by atoms with E-state index < -0.39 is 0 Å². The van der Waals surface area contributed by atoms with Crippen molar-refractivity contribution in [3.63, 3.8) is 0 Å². The average molecular weight is 240 g/mol. The maximum absolute atomic E-state index is 3.60. The Morgan fingerprint density at radius 2 is 1.71 bits per heavy atom. The van der Waals surface area contributed by atoms with E-state index in [0.29, 0.717) is 0 Å². The van der Waals surface area contributed by atoms with Crippen molar-refractivity contribution in [2.75, 3.05) is 32.7 Å². The maximum atomic E-state index is 3.60. The van der Waals surface area contributed by atoms with Crippen LogP contribution in [0.5, 0.6) is 0 Å². The smallest absolute Gasteiger partial charge is 0.00156 e. The standard InChI is InChI=1S/C15H32N2/c1-13(2)5-8-17-9-6-15(7-10-17)12-16-11-14(3)4/h13-16H,5-12H2,1-4H3. The predicted molar refractivity (Wildman–Crippen MR) is 76.3 cm³/mol. The van der Waals surface area contributed by atoms with Gasteiger partial charge in [0.1, 0.15) is 0 Å². The SMILES string of the molecule is CC(C)CCN1CCC(CNCC(C)C)CC1. The molecule has 17 heavy (non-hydrogen) atoms. The number of piperidine rings is 1. The quantitative estimate of drug-likeness (QED) is 0.736. The summed E-state index contributed by atoms with van der Waals surface area (Å²) in [5, 5.41) is 3.60. The van der Waals surface area contributed by atoms with E-state index in [1.807, 2.05) is 0 Å². The molecule has 1 heterocycles. The molecular formula is C15H32N2. The van der Waals surface area contributed by atoms with Crippen LogP contribution in [-0.2, 0) is 0 Å². The summed E-state index contributed by atoms with van der Waals surface area (Å²) in [4.78, 5) is 2.65. The molecule has 0 atom stereocenters. The predicted octanol–water partition coefficient (Wildman–Crippen LogP) is 2.99. The van der Waals surface area contributed by atoms with Crippen molar-refractivity contribution in [1.82, 2.24) is 10.2 Å². The molecule has 2 nitrogen and oxygen atoms in total. The van der Waals surface area contributed by atoms with E-state index in [2.05, 4.69) is 37.9 Å². The third-order valence-corrected chi connectivity index (χ3v) is 3.72. The minimum Gasteiger partial charge on any atom is -0.316 e. The highest BCUT2D eigenvalue weighted by Gasteiger charge is 2.18. The van der Waals surface area contributed by atoms with Crippen molar-refractivity contribution in [3.05, 3.63) is 0 Å². The lowest BCUT2D eigenvalue weighted by Gasteiger charge is -2.32. The van der Waals surface area contributed by atoms with Crippen LogP contribution in [0.1, 0.15) is 47.0 Å². The zero-order chi connectivity index (χ0) is 12.7. The van der Waals surface area contributed by atoms with E-state index >= 15 is 0 Å². The molecule has 1 fully saturated rings. The summed E-state index contributed by atoms with van der Waals surface area (Å²) >= 11 is 0. The number of nitrogens with zero attached hydrogens (tertiary/aromatic N) is 1. The number of rotatable bonds is 7. The normalized spacial score (nSPS) is 19.4. The van der Waals surface area contributed by atoms with Gasteiger partial charge in [-0.05, 0) is 69.7 Å². The topological polar surface area (TPSA) is 15.3 Å².